The minimum Gasteiger partial charge on any atom is -0.497 e. The standard InChI is InChI=1S/C22H24N2O/c1-3-4-6-11-19-16-21(17-12-14-20(25-2)15-13-17)24-22(23-19)18-9-7-5-8-10-18/h5,7-10,12-16H,3-4,6,11H2,1-2H3. The van der Waals surface area contributed by atoms with Gasteiger partial charge in [-0.1, -0.05) is 50.1 Å². The lowest BCUT2D eigenvalue weighted by atomic mass is 10.1. The maximum absolute atomic E-state index is 5.25. The van der Waals surface area contributed by atoms with Gasteiger partial charge < -0.3 is 4.74 Å². The van der Waals surface area contributed by atoms with E-state index in [9.17, 15) is 0 Å². The summed E-state index contributed by atoms with van der Waals surface area (Å²) in [6.45, 7) is 2.22. The second kappa shape index (κ2) is 8.43. The van der Waals surface area contributed by atoms with Gasteiger partial charge in [0.05, 0.1) is 12.8 Å². The highest BCUT2D eigenvalue weighted by molar-refractivity contribution is 5.64. The first-order chi connectivity index (χ1) is 12.3. The highest BCUT2D eigenvalue weighted by atomic mass is 16.5. The molecule has 3 rings (SSSR count). The summed E-state index contributed by atoms with van der Waals surface area (Å²) >= 11 is 0. The molecule has 0 amide bonds. The summed E-state index contributed by atoms with van der Waals surface area (Å²) in [6.07, 6.45) is 4.58. The number of hydrogen-bond acceptors (Lipinski definition) is 3. The lowest BCUT2D eigenvalue weighted by Gasteiger charge is -2.09. The normalized spacial score (nSPS) is 10.6. The van der Waals surface area contributed by atoms with Crippen molar-refractivity contribution >= 4 is 0 Å². The predicted octanol–water partition coefficient (Wildman–Crippen LogP) is 5.55. The molecule has 0 aliphatic rings. The van der Waals surface area contributed by atoms with Crippen LogP contribution in [0.2, 0.25) is 0 Å². The first-order valence-electron chi connectivity index (χ1n) is 8.88. The van der Waals surface area contributed by atoms with E-state index in [1.807, 2.05) is 42.5 Å². The fraction of sp³-hybridized carbons (Fsp3) is 0.273. The zero-order valence-electron chi connectivity index (χ0n) is 14.9. The Morgan fingerprint density at radius 3 is 2.28 bits per heavy atom. The van der Waals surface area contributed by atoms with Crippen LogP contribution in [0.15, 0.2) is 60.7 Å². The Labute approximate surface area is 149 Å². The summed E-state index contributed by atoms with van der Waals surface area (Å²) in [4.78, 5) is 9.60. The SMILES string of the molecule is CCCCCc1cc(-c2ccc(OC)cc2)nc(-c2ccccc2)n1. The molecule has 0 radical (unpaired) electrons. The molecule has 0 fully saturated rings. The Hall–Kier alpha value is -2.68. The van der Waals surface area contributed by atoms with Crippen molar-refractivity contribution in [2.75, 3.05) is 7.11 Å². The van der Waals surface area contributed by atoms with E-state index in [-0.39, 0.29) is 0 Å². The molecule has 0 saturated carbocycles. The van der Waals surface area contributed by atoms with E-state index in [0.29, 0.717) is 0 Å². The molecule has 0 unspecified atom stereocenters. The maximum atomic E-state index is 5.25. The van der Waals surface area contributed by atoms with Crippen LogP contribution in [0.4, 0.5) is 0 Å². The first kappa shape index (κ1) is 17.2. The van der Waals surface area contributed by atoms with Crippen molar-refractivity contribution in [2.24, 2.45) is 0 Å². The molecule has 2 aromatic carbocycles. The number of unbranched alkanes of at least 4 members (excludes halogenated alkanes) is 2. The average molecular weight is 332 g/mol. The molecule has 1 heterocycles. The van der Waals surface area contributed by atoms with Crippen molar-refractivity contribution in [1.82, 2.24) is 9.97 Å². The van der Waals surface area contributed by atoms with Gasteiger partial charge in [-0.15, -0.1) is 0 Å². The zero-order valence-corrected chi connectivity index (χ0v) is 14.9. The molecule has 128 valence electrons. The molecule has 3 aromatic rings. The lowest BCUT2D eigenvalue weighted by Crippen LogP contribution is -1.99. The Bertz CT molecular complexity index is 798. The molecular weight excluding hydrogens is 308 g/mol. The Morgan fingerprint density at radius 2 is 1.60 bits per heavy atom. The number of aromatic nitrogens is 2. The van der Waals surface area contributed by atoms with Crippen LogP contribution >= 0.6 is 0 Å². The van der Waals surface area contributed by atoms with Gasteiger partial charge in [0.25, 0.3) is 0 Å². The van der Waals surface area contributed by atoms with Crippen molar-refractivity contribution in [2.45, 2.75) is 32.6 Å². The summed E-state index contributed by atoms with van der Waals surface area (Å²) in [6, 6.07) is 20.3. The van der Waals surface area contributed by atoms with Gasteiger partial charge in [-0.3, -0.25) is 0 Å². The number of nitrogens with zero attached hydrogens (tertiary/aromatic N) is 2. The van der Waals surface area contributed by atoms with Crippen LogP contribution in [-0.4, -0.2) is 17.1 Å². The molecule has 0 N–H and O–H groups in total. The van der Waals surface area contributed by atoms with Crippen molar-refractivity contribution in [1.29, 1.82) is 0 Å². The summed E-state index contributed by atoms with van der Waals surface area (Å²) in [5.74, 6) is 1.64. The van der Waals surface area contributed by atoms with E-state index in [1.165, 1.54) is 12.8 Å². The smallest absolute Gasteiger partial charge is 0.160 e. The van der Waals surface area contributed by atoms with Crippen molar-refractivity contribution < 1.29 is 4.74 Å². The minimum atomic E-state index is 0.792. The van der Waals surface area contributed by atoms with Gasteiger partial charge in [0.15, 0.2) is 5.82 Å². The number of methoxy groups -OCH3 is 1. The van der Waals surface area contributed by atoms with E-state index in [2.05, 4.69) is 25.1 Å². The third-order valence-electron chi connectivity index (χ3n) is 4.23. The van der Waals surface area contributed by atoms with Crippen molar-refractivity contribution in [3.63, 3.8) is 0 Å². The van der Waals surface area contributed by atoms with Crippen LogP contribution in [0.25, 0.3) is 22.6 Å². The monoisotopic (exact) mass is 332 g/mol. The predicted molar refractivity (Wildman–Crippen MR) is 103 cm³/mol. The minimum absolute atomic E-state index is 0.792. The van der Waals surface area contributed by atoms with E-state index in [4.69, 9.17) is 14.7 Å². The van der Waals surface area contributed by atoms with E-state index in [1.54, 1.807) is 7.11 Å². The quantitative estimate of drug-likeness (QED) is 0.532. The maximum Gasteiger partial charge on any atom is 0.160 e. The molecule has 3 heteroatoms. The van der Waals surface area contributed by atoms with Gasteiger partial charge in [-0.25, -0.2) is 9.97 Å². The van der Waals surface area contributed by atoms with Gasteiger partial charge in [0, 0.05) is 16.8 Å². The fourth-order valence-corrected chi connectivity index (χ4v) is 2.81. The molecule has 0 aliphatic heterocycles. The summed E-state index contributed by atoms with van der Waals surface area (Å²) < 4.78 is 5.25. The lowest BCUT2D eigenvalue weighted by molar-refractivity contribution is 0.415. The van der Waals surface area contributed by atoms with Gasteiger partial charge in [0.2, 0.25) is 0 Å². The molecule has 0 aliphatic carbocycles. The topological polar surface area (TPSA) is 35.0 Å². The summed E-state index contributed by atoms with van der Waals surface area (Å²) in [5.41, 5.74) is 4.20. The van der Waals surface area contributed by atoms with Crippen LogP contribution in [0.5, 0.6) is 5.75 Å². The second-order valence-corrected chi connectivity index (χ2v) is 6.12. The number of benzene rings is 2. The van der Waals surface area contributed by atoms with Crippen LogP contribution in [0.3, 0.4) is 0 Å². The summed E-state index contributed by atoms with van der Waals surface area (Å²) in [7, 11) is 1.68. The number of rotatable bonds is 7. The average Bonchev–Trinajstić information content (AvgIpc) is 2.69. The highest BCUT2D eigenvalue weighted by Crippen LogP contribution is 2.25. The second-order valence-electron chi connectivity index (χ2n) is 6.12. The molecule has 3 nitrogen and oxygen atoms in total. The third-order valence-corrected chi connectivity index (χ3v) is 4.23. The van der Waals surface area contributed by atoms with Crippen molar-refractivity contribution in [3.05, 3.63) is 66.4 Å². The van der Waals surface area contributed by atoms with Gasteiger partial charge >= 0.3 is 0 Å². The molecule has 1 aromatic heterocycles. The third kappa shape index (κ3) is 4.44. The first-order valence-corrected chi connectivity index (χ1v) is 8.88. The zero-order chi connectivity index (χ0) is 17.5. The molecule has 0 saturated heterocycles. The van der Waals surface area contributed by atoms with Gasteiger partial charge in [-0.2, -0.15) is 0 Å². The molecular formula is C22H24N2O. The van der Waals surface area contributed by atoms with Gasteiger partial charge in [0.1, 0.15) is 5.75 Å². The fourth-order valence-electron chi connectivity index (χ4n) is 2.81. The number of hydrogen-bond donors (Lipinski definition) is 0. The van der Waals surface area contributed by atoms with Crippen molar-refractivity contribution in [3.8, 4) is 28.4 Å². The van der Waals surface area contributed by atoms with Crippen LogP contribution in [0, 0.1) is 0 Å². The Balaban J connectivity index is 1.99. The van der Waals surface area contributed by atoms with E-state index < -0.39 is 0 Å². The molecule has 0 spiro atoms. The highest BCUT2D eigenvalue weighted by Gasteiger charge is 2.09. The van der Waals surface area contributed by atoms with Crippen LogP contribution < -0.4 is 4.74 Å². The number of ether oxygens (including phenoxy) is 1. The van der Waals surface area contributed by atoms with Gasteiger partial charge in [-0.05, 0) is 43.2 Å². The largest absolute Gasteiger partial charge is 0.497 e. The van der Waals surface area contributed by atoms with E-state index in [0.717, 1.165) is 46.9 Å². The number of aryl methyl sites for hydroxylation is 1. The van der Waals surface area contributed by atoms with Crippen LogP contribution in [-0.2, 0) is 6.42 Å². The molecule has 0 bridgehead atoms. The van der Waals surface area contributed by atoms with E-state index >= 15 is 0 Å². The molecule has 25 heavy (non-hydrogen) atoms. The Kier molecular flexibility index (Phi) is 5.78. The molecule has 0 atom stereocenters. The Morgan fingerprint density at radius 1 is 0.840 bits per heavy atom. The summed E-state index contributed by atoms with van der Waals surface area (Å²) in [5, 5.41) is 0. The van der Waals surface area contributed by atoms with Crippen LogP contribution in [0.1, 0.15) is 31.9 Å².